The first-order valence-corrected chi connectivity index (χ1v) is 8.64. The number of benzene rings is 3. The van der Waals surface area contributed by atoms with Crippen molar-refractivity contribution in [3.05, 3.63) is 112 Å². The van der Waals surface area contributed by atoms with Crippen LogP contribution in [-0.2, 0) is 4.79 Å². The van der Waals surface area contributed by atoms with Gasteiger partial charge in [0, 0.05) is 11.6 Å². The van der Waals surface area contributed by atoms with Crippen molar-refractivity contribution in [3.63, 3.8) is 0 Å². The smallest absolute Gasteiger partial charge is 0.266 e. The first-order valence-electron chi connectivity index (χ1n) is 8.64. The number of para-hydroxylation sites is 2. The van der Waals surface area contributed by atoms with Crippen molar-refractivity contribution in [1.82, 2.24) is 0 Å². The minimum absolute atomic E-state index is 0.0718. The molecule has 136 valence electrons. The highest BCUT2D eigenvalue weighted by Gasteiger charge is 2.32. The second kappa shape index (κ2) is 7.28. The molecule has 3 aromatic rings. The Morgan fingerprint density at radius 3 is 2.14 bits per heavy atom. The van der Waals surface area contributed by atoms with Gasteiger partial charge < -0.3 is 0 Å². The molecule has 3 aromatic carbocycles. The molecule has 1 amide bonds. The second-order valence-corrected chi connectivity index (χ2v) is 6.12. The van der Waals surface area contributed by atoms with E-state index in [0.29, 0.717) is 17.1 Å². The number of nitro groups is 1. The Balaban J connectivity index is 1.85. The third-order valence-corrected chi connectivity index (χ3v) is 4.33. The maximum Gasteiger partial charge on any atom is 0.282 e. The number of hydrogen-bond donors (Lipinski definition) is 0. The van der Waals surface area contributed by atoms with Crippen LogP contribution in [0.15, 0.2) is 95.6 Å². The highest BCUT2D eigenvalue weighted by Crippen LogP contribution is 2.29. The summed E-state index contributed by atoms with van der Waals surface area (Å²) in [6.07, 6.45) is 1.46. The molecule has 4 rings (SSSR count). The molecule has 0 bridgehead atoms. The van der Waals surface area contributed by atoms with E-state index >= 15 is 0 Å². The van der Waals surface area contributed by atoms with Gasteiger partial charge in [-0.2, -0.15) is 0 Å². The van der Waals surface area contributed by atoms with Crippen LogP contribution in [-0.4, -0.2) is 16.7 Å². The number of nitrogens with zero attached hydrogens (tertiary/aromatic N) is 3. The Labute approximate surface area is 161 Å². The molecule has 0 saturated heterocycles. The molecule has 0 fully saturated rings. The summed E-state index contributed by atoms with van der Waals surface area (Å²) in [6, 6.07) is 24.9. The van der Waals surface area contributed by atoms with Gasteiger partial charge in [0.25, 0.3) is 11.6 Å². The van der Waals surface area contributed by atoms with Crippen LogP contribution in [0.1, 0.15) is 11.1 Å². The molecule has 1 aliphatic rings. The lowest BCUT2D eigenvalue weighted by atomic mass is 10.1. The van der Waals surface area contributed by atoms with Gasteiger partial charge in [-0.15, -0.1) is 0 Å². The number of nitro benzene ring substituents is 1. The minimum Gasteiger partial charge on any atom is -0.266 e. The van der Waals surface area contributed by atoms with E-state index < -0.39 is 4.92 Å². The summed E-state index contributed by atoms with van der Waals surface area (Å²) in [6.45, 7) is 0. The summed E-state index contributed by atoms with van der Waals surface area (Å²) in [4.78, 5) is 30.0. The summed E-state index contributed by atoms with van der Waals surface area (Å²) in [5.74, 6) is 0.157. The molecule has 6 heteroatoms. The molecule has 0 radical (unpaired) electrons. The van der Waals surface area contributed by atoms with Crippen LogP contribution in [0.25, 0.3) is 6.08 Å². The fraction of sp³-hybridized carbons (Fsp3) is 0. The third-order valence-electron chi connectivity index (χ3n) is 4.33. The number of amidine groups is 1. The lowest BCUT2D eigenvalue weighted by Gasteiger charge is -2.18. The Morgan fingerprint density at radius 1 is 0.857 bits per heavy atom. The molecule has 1 aliphatic heterocycles. The van der Waals surface area contributed by atoms with E-state index in [1.165, 1.54) is 17.0 Å². The van der Waals surface area contributed by atoms with Crippen molar-refractivity contribution < 1.29 is 9.72 Å². The number of carbonyl (C=O) groups excluding carboxylic acids is 1. The summed E-state index contributed by atoms with van der Waals surface area (Å²) < 4.78 is 0. The van der Waals surface area contributed by atoms with Gasteiger partial charge in [-0.05, 0) is 24.3 Å². The third kappa shape index (κ3) is 3.19. The monoisotopic (exact) mass is 369 g/mol. The predicted molar refractivity (Wildman–Crippen MR) is 108 cm³/mol. The van der Waals surface area contributed by atoms with E-state index in [1.807, 2.05) is 60.7 Å². The molecule has 1 heterocycles. The van der Waals surface area contributed by atoms with Crippen molar-refractivity contribution in [2.24, 2.45) is 4.99 Å². The van der Waals surface area contributed by atoms with E-state index in [4.69, 9.17) is 0 Å². The average Bonchev–Trinajstić information content (AvgIpc) is 3.06. The highest BCUT2D eigenvalue weighted by atomic mass is 16.6. The summed E-state index contributed by atoms with van der Waals surface area (Å²) in [5, 5.41) is 11.3. The quantitative estimate of drug-likeness (QED) is 0.388. The maximum absolute atomic E-state index is 13.1. The zero-order valence-electron chi connectivity index (χ0n) is 14.7. The van der Waals surface area contributed by atoms with Gasteiger partial charge in [-0.3, -0.25) is 19.8 Å². The fourth-order valence-corrected chi connectivity index (χ4v) is 3.04. The Bertz CT molecular complexity index is 1110. The lowest BCUT2D eigenvalue weighted by molar-refractivity contribution is -0.385. The Kier molecular flexibility index (Phi) is 4.51. The molecule has 0 atom stereocenters. The highest BCUT2D eigenvalue weighted by molar-refractivity contribution is 6.33. The average molecular weight is 369 g/mol. The van der Waals surface area contributed by atoms with Gasteiger partial charge in [0.05, 0.1) is 16.2 Å². The van der Waals surface area contributed by atoms with Crippen LogP contribution in [0.5, 0.6) is 0 Å². The van der Waals surface area contributed by atoms with Crippen molar-refractivity contribution >= 4 is 29.2 Å². The largest absolute Gasteiger partial charge is 0.282 e. The summed E-state index contributed by atoms with van der Waals surface area (Å²) in [5.41, 5.74) is 1.88. The van der Waals surface area contributed by atoms with Crippen LogP contribution in [0.3, 0.4) is 0 Å². The van der Waals surface area contributed by atoms with Crippen LogP contribution in [0.4, 0.5) is 11.4 Å². The van der Waals surface area contributed by atoms with Gasteiger partial charge in [0.15, 0.2) is 0 Å². The molecule has 0 saturated carbocycles. The maximum atomic E-state index is 13.1. The number of rotatable bonds is 4. The van der Waals surface area contributed by atoms with Crippen LogP contribution in [0.2, 0.25) is 0 Å². The second-order valence-electron chi connectivity index (χ2n) is 6.12. The number of amides is 1. The van der Waals surface area contributed by atoms with E-state index in [2.05, 4.69) is 4.99 Å². The summed E-state index contributed by atoms with van der Waals surface area (Å²) >= 11 is 0. The predicted octanol–water partition coefficient (Wildman–Crippen LogP) is 4.43. The van der Waals surface area contributed by atoms with Gasteiger partial charge in [0.1, 0.15) is 11.5 Å². The van der Waals surface area contributed by atoms with E-state index in [9.17, 15) is 14.9 Å². The molecule has 0 aliphatic carbocycles. The minimum atomic E-state index is -0.470. The van der Waals surface area contributed by atoms with Gasteiger partial charge >= 0.3 is 0 Å². The molecular formula is C22H15N3O3. The van der Waals surface area contributed by atoms with Crippen molar-refractivity contribution in [3.8, 4) is 0 Å². The van der Waals surface area contributed by atoms with Crippen LogP contribution >= 0.6 is 0 Å². The molecular weight excluding hydrogens is 354 g/mol. The van der Waals surface area contributed by atoms with E-state index in [0.717, 1.165) is 5.56 Å². The SMILES string of the molecule is O=C1/C(=C\c2ccccc2[N+](=O)[O-])N=C(c2ccccc2)N1c1ccccc1. The van der Waals surface area contributed by atoms with Crippen molar-refractivity contribution in [2.45, 2.75) is 0 Å². The Morgan fingerprint density at radius 2 is 1.46 bits per heavy atom. The van der Waals surface area contributed by atoms with Crippen LogP contribution in [0, 0.1) is 10.1 Å². The number of anilines is 1. The Hall–Kier alpha value is -4.06. The van der Waals surface area contributed by atoms with E-state index in [1.54, 1.807) is 18.2 Å². The molecule has 0 spiro atoms. The van der Waals surface area contributed by atoms with Gasteiger partial charge in [-0.1, -0.05) is 60.7 Å². The number of carbonyl (C=O) groups is 1. The number of hydrogen-bond acceptors (Lipinski definition) is 4. The van der Waals surface area contributed by atoms with Crippen LogP contribution < -0.4 is 4.90 Å². The first-order chi connectivity index (χ1) is 13.6. The van der Waals surface area contributed by atoms with Gasteiger partial charge in [-0.25, -0.2) is 4.99 Å². The van der Waals surface area contributed by atoms with Crippen molar-refractivity contribution in [2.75, 3.05) is 4.90 Å². The zero-order chi connectivity index (χ0) is 19.5. The molecule has 0 N–H and O–H groups in total. The number of aliphatic imine (C=N–C) groups is 1. The fourth-order valence-electron chi connectivity index (χ4n) is 3.04. The zero-order valence-corrected chi connectivity index (χ0v) is 14.7. The molecule has 6 nitrogen and oxygen atoms in total. The molecule has 0 aromatic heterocycles. The topological polar surface area (TPSA) is 75.8 Å². The summed E-state index contributed by atoms with van der Waals surface area (Å²) in [7, 11) is 0. The molecule has 28 heavy (non-hydrogen) atoms. The first kappa shape index (κ1) is 17.4. The normalized spacial score (nSPS) is 15.0. The lowest BCUT2D eigenvalue weighted by Crippen LogP contribution is -2.32. The standard InChI is InChI=1S/C22H15N3O3/c26-22-19(15-17-11-7-8-14-20(17)25(27)28)23-21(16-9-3-1-4-10-16)24(22)18-12-5-2-6-13-18/h1-15H/b19-15+. The molecule has 0 unspecified atom stereocenters. The van der Waals surface area contributed by atoms with E-state index in [-0.39, 0.29) is 17.3 Å². The van der Waals surface area contributed by atoms with Gasteiger partial charge in [0.2, 0.25) is 0 Å². The van der Waals surface area contributed by atoms with Crippen molar-refractivity contribution in [1.29, 1.82) is 0 Å².